The van der Waals surface area contributed by atoms with Crippen LogP contribution in [-0.2, 0) is 0 Å². The first-order valence-corrected chi connectivity index (χ1v) is 6.12. The van der Waals surface area contributed by atoms with E-state index in [1.54, 1.807) is 25.4 Å². The first-order chi connectivity index (χ1) is 8.17. The molecule has 17 heavy (non-hydrogen) atoms. The van der Waals surface area contributed by atoms with E-state index in [1.165, 1.54) is 0 Å². The van der Waals surface area contributed by atoms with Crippen molar-refractivity contribution < 1.29 is 4.79 Å². The smallest absolute Gasteiger partial charge is 0.251 e. The average Bonchev–Trinajstić information content (AvgIpc) is 2.36. The number of aromatic nitrogens is 1. The molecule has 4 heteroatoms. The predicted octanol–water partition coefficient (Wildman–Crippen LogP) is 2.43. The lowest BCUT2D eigenvalue weighted by Crippen LogP contribution is -2.32. The van der Waals surface area contributed by atoms with E-state index < -0.39 is 0 Å². The van der Waals surface area contributed by atoms with Crippen molar-refractivity contribution >= 4 is 11.7 Å². The molecule has 0 bridgehead atoms. The van der Waals surface area contributed by atoms with E-state index in [0.29, 0.717) is 11.4 Å². The van der Waals surface area contributed by atoms with Gasteiger partial charge in [0.15, 0.2) is 0 Å². The molecule has 1 amide bonds. The van der Waals surface area contributed by atoms with Crippen LogP contribution in [0.1, 0.15) is 43.5 Å². The number of anilines is 1. The minimum Gasteiger partial charge on any atom is -0.373 e. The number of nitrogens with zero attached hydrogens (tertiary/aromatic N) is 1. The van der Waals surface area contributed by atoms with Gasteiger partial charge in [-0.05, 0) is 25.5 Å². The summed E-state index contributed by atoms with van der Waals surface area (Å²) in [5.41, 5.74) is 0.646. The molecular weight excluding hydrogens is 214 g/mol. The van der Waals surface area contributed by atoms with Crippen LogP contribution in [-0.4, -0.2) is 24.0 Å². The number of rotatable bonds is 6. The topological polar surface area (TPSA) is 54.0 Å². The minimum absolute atomic E-state index is 0.0347. The van der Waals surface area contributed by atoms with Crippen LogP contribution in [0.2, 0.25) is 0 Å². The molecule has 1 heterocycles. The van der Waals surface area contributed by atoms with Crippen LogP contribution >= 0.6 is 0 Å². The molecule has 1 aromatic rings. The molecule has 4 nitrogen and oxygen atoms in total. The molecule has 2 N–H and O–H groups in total. The molecule has 1 atom stereocenters. The summed E-state index contributed by atoms with van der Waals surface area (Å²) in [5, 5.41) is 5.91. The maximum atomic E-state index is 11.9. The first kappa shape index (κ1) is 13.5. The molecule has 94 valence electrons. The van der Waals surface area contributed by atoms with E-state index in [4.69, 9.17) is 0 Å². The van der Waals surface area contributed by atoms with Gasteiger partial charge >= 0.3 is 0 Å². The van der Waals surface area contributed by atoms with E-state index >= 15 is 0 Å². The number of hydrogen-bond acceptors (Lipinski definition) is 3. The van der Waals surface area contributed by atoms with Crippen molar-refractivity contribution in [2.24, 2.45) is 0 Å². The summed E-state index contributed by atoms with van der Waals surface area (Å²) in [7, 11) is 1.79. The third-order valence-corrected chi connectivity index (χ3v) is 2.65. The van der Waals surface area contributed by atoms with Crippen molar-refractivity contribution in [3.8, 4) is 0 Å². The first-order valence-electron chi connectivity index (χ1n) is 6.12. The SMILES string of the molecule is CCCCC(C)NC(=O)c1ccnc(NC)c1. The molecule has 0 aliphatic heterocycles. The molecule has 0 fully saturated rings. The molecule has 0 aliphatic carbocycles. The Kier molecular flexibility index (Phi) is 5.46. The maximum absolute atomic E-state index is 11.9. The van der Waals surface area contributed by atoms with Gasteiger partial charge in [0.1, 0.15) is 5.82 Å². The summed E-state index contributed by atoms with van der Waals surface area (Å²) in [6, 6.07) is 3.69. The highest BCUT2D eigenvalue weighted by Gasteiger charge is 2.09. The van der Waals surface area contributed by atoms with E-state index in [0.717, 1.165) is 19.3 Å². The largest absolute Gasteiger partial charge is 0.373 e. The van der Waals surface area contributed by atoms with Crippen molar-refractivity contribution in [2.45, 2.75) is 39.2 Å². The Balaban J connectivity index is 2.56. The van der Waals surface area contributed by atoms with Crippen molar-refractivity contribution in [1.82, 2.24) is 10.3 Å². The zero-order chi connectivity index (χ0) is 12.7. The molecule has 0 spiro atoms. The van der Waals surface area contributed by atoms with Crippen molar-refractivity contribution in [3.63, 3.8) is 0 Å². The van der Waals surface area contributed by atoms with Gasteiger partial charge < -0.3 is 10.6 Å². The molecule has 0 radical (unpaired) electrons. The highest BCUT2D eigenvalue weighted by molar-refractivity contribution is 5.94. The Labute approximate surface area is 103 Å². The molecule has 1 aromatic heterocycles. The summed E-state index contributed by atoms with van der Waals surface area (Å²) in [6.07, 6.45) is 4.95. The molecule has 0 saturated heterocycles. The Bertz CT molecular complexity index is 365. The fraction of sp³-hybridized carbons (Fsp3) is 0.538. The van der Waals surface area contributed by atoms with Crippen LogP contribution in [0.3, 0.4) is 0 Å². The van der Waals surface area contributed by atoms with E-state index in [-0.39, 0.29) is 11.9 Å². The van der Waals surface area contributed by atoms with Crippen LogP contribution < -0.4 is 10.6 Å². The van der Waals surface area contributed by atoms with Crippen molar-refractivity contribution in [2.75, 3.05) is 12.4 Å². The van der Waals surface area contributed by atoms with Gasteiger partial charge in [-0.2, -0.15) is 0 Å². The second-order valence-corrected chi connectivity index (χ2v) is 4.20. The molecular formula is C13H21N3O. The minimum atomic E-state index is -0.0347. The molecule has 1 rings (SSSR count). The lowest BCUT2D eigenvalue weighted by Gasteiger charge is -2.13. The zero-order valence-corrected chi connectivity index (χ0v) is 10.8. The predicted molar refractivity (Wildman–Crippen MR) is 70.2 cm³/mol. The van der Waals surface area contributed by atoms with Crippen LogP contribution in [0.25, 0.3) is 0 Å². The normalized spacial score (nSPS) is 11.9. The van der Waals surface area contributed by atoms with Gasteiger partial charge in [0.2, 0.25) is 0 Å². The van der Waals surface area contributed by atoms with Crippen LogP contribution in [0.15, 0.2) is 18.3 Å². The maximum Gasteiger partial charge on any atom is 0.251 e. The average molecular weight is 235 g/mol. The molecule has 0 aromatic carbocycles. The van der Waals surface area contributed by atoms with Crippen molar-refractivity contribution in [1.29, 1.82) is 0 Å². The van der Waals surface area contributed by atoms with Gasteiger partial charge in [0, 0.05) is 24.8 Å². The highest BCUT2D eigenvalue weighted by atomic mass is 16.1. The Hall–Kier alpha value is -1.58. The number of amides is 1. The lowest BCUT2D eigenvalue weighted by molar-refractivity contribution is 0.0938. The third kappa shape index (κ3) is 4.43. The van der Waals surface area contributed by atoms with E-state index in [2.05, 4.69) is 22.5 Å². The van der Waals surface area contributed by atoms with Gasteiger partial charge in [-0.1, -0.05) is 19.8 Å². The Morgan fingerprint density at radius 1 is 1.53 bits per heavy atom. The molecule has 0 aliphatic rings. The van der Waals surface area contributed by atoms with Crippen LogP contribution in [0.5, 0.6) is 0 Å². The number of carbonyl (C=O) groups excluding carboxylic acids is 1. The standard InChI is InChI=1S/C13H21N3O/c1-4-5-6-10(2)16-13(17)11-7-8-15-12(9-11)14-3/h7-10H,4-6H2,1-3H3,(H,14,15)(H,16,17). The van der Waals surface area contributed by atoms with E-state index in [9.17, 15) is 4.79 Å². The molecule has 0 saturated carbocycles. The third-order valence-electron chi connectivity index (χ3n) is 2.65. The van der Waals surface area contributed by atoms with E-state index in [1.807, 2.05) is 6.92 Å². The number of hydrogen-bond donors (Lipinski definition) is 2. The quantitative estimate of drug-likeness (QED) is 0.796. The molecule has 1 unspecified atom stereocenters. The van der Waals surface area contributed by atoms with Gasteiger partial charge in [-0.3, -0.25) is 4.79 Å². The summed E-state index contributed by atoms with van der Waals surface area (Å²) in [4.78, 5) is 16.0. The number of unbranched alkanes of at least 4 members (excludes halogenated alkanes) is 1. The monoisotopic (exact) mass is 235 g/mol. The fourth-order valence-electron chi connectivity index (χ4n) is 1.60. The summed E-state index contributed by atoms with van der Waals surface area (Å²) in [5.74, 6) is 0.673. The highest BCUT2D eigenvalue weighted by Crippen LogP contribution is 2.07. The van der Waals surface area contributed by atoms with Crippen molar-refractivity contribution in [3.05, 3.63) is 23.9 Å². The Morgan fingerprint density at radius 3 is 2.94 bits per heavy atom. The second kappa shape index (κ2) is 6.89. The zero-order valence-electron chi connectivity index (χ0n) is 10.8. The van der Waals surface area contributed by atoms with Gasteiger partial charge in [0.25, 0.3) is 5.91 Å². The number of nitrogens with one attached hydrogen (secondary N) is 2. The number of pyridine rings is 1. The van der Waals surface area contributed by atoms with Gasteiger partial charge in [-0.15, -0.1) is 0 Å². The van der Waals surface area contributed by atoms with Crippen LogP contribution in [0.4, 0.5) is 5.82 Å². The number of carbonyl (C=O) groups is 1. The fourth-order valence-corrected chi connectivity index (χ4v) is 1.60. The van der Waals surface area contributed by atoms with Gasteiger partial charge in [-0.25, -0.2) is 4.98 Å². The van der Waals surface area contributed by atoms with Gasteiger partial charge in [0.05, 0.1) is 0 Å². The summed E-state index contributed by atoms with van der Waals surface area (Å²) < 4.78 is 0. The second-order valence-electron chi connectivity index (χ2n) is 4.20. The van der Waals surface area contributed by atoms with Crippen LogP contribution in [0, 0.1) is 0 Å². The lowest BCUT2D eigenvalue weighted by atomic mass is 10.1. The summed E-state index contributed by atoms with van der Waals surface area (Å²) in [6.45, 7) is 4.18. The summed E-state index contributed by atoms with van der Waals surface area (Å²) >= 11 is 0. The Morgan fingerprint density at radius 2 is 2.29 bits per heavy atom.